The largest absolute Gasteiger partial charge is 0.489 e. The Morgan fingerprint density at radius 2 is 1.92 bits per heavy atom. The van der Waals surface area contributed by atoms with Crippen LogP contribution in [0.2, 0.25) is 0 Å². The minimum atomic E-state index is -0.265. The van der Waals surface area contributed by atoms with Gasteiger partial charge in [-0.05, 0) is 101 Å². The first kappa shape index (κ1) is 25.4. The zero-order valence-corrected chi connectivity index (χ0v) is 22.2. The molecule has 3 aromatic carbocycles. The second-order valence-electron chi connectivity index (χ2n) is 10.5. The number of alkyl halides is 1. The summed E-state index contributed by atoms with van der Waals surface area (Å²) in [6.45, 7) is 6.29. The fourth-order valence-electron chi connectivity index (χ4n) is 5.92. The van der Waals surface area contributed by atoms with E-state index >= 15 is 0 Å². The lowest BCUT2D eigenvalue weighted by Gasteiger charge is -2.19. The number of oxazole rings is 1. The molecule has 200 valence electrons. The highest BCUT2D eigenvalue weighted by Gasteiger charge is 2.24. The second-order valence-corrected chi connectivity index (χ2v) is 10.5. The molecule has 0 bridgehead atoms. The van der Waals surface area contributed by atoms with Crippen molar-refractivity contribution in [2.45, 2.75) is 38.2 Å². The van der Waals surface area contributed by atoms with Gasteiger partial charge in [0.2, 0.25) is 0 Å². The van der Waals surface area contributed by atoms with Gasteiger partial charge < -0.3 is 14.9 Å². The Balaban J connectivity index is 1.37. The van der Waals surface area contributed by atoms with E-state index in [1.807, 2.05) is 6.07 Å². The van der Waals surface area contributed by atoms with Crippen molar-refractivity contribution in [1.82, 2.24) is 9.88 Å². The van der Waals surface area contributed by atoms with Gasteiger partial charge in [-0.25, -0.2) is 4.98 Å². The van der Waals surface area contributed by atoms with Gasteiger partial charge in [0.15, 0.2) is 12.0 Å². The van der Waals surface area contributed by atoms with Gasteiger partial charge in [-0.1, -0.05) is 36.9 Å². The summed E-state index contributed by atoms with van der Waals surface area (Å²) >= 11 is 0. The SMILES string of the molecule is C=C(N)c1ccc2c(c1)CCCC(c1ccc3ocnc3c1)=C2c1ccc(OC2CCN(CCCF)C2)cc1. The van der Waals surface area contributed by atoms with Gasteiger partial charge in [0.25, 0.3) is 0 Å². The summed E-state index contributed by atoms with van der Waals surface area (Å²) in [4.78, 5) is 6.69. The van der Waals surface area contributed by atoms with Crippen molar-refractivity contribution in [2.75, 3.05) is 26.3 Å². The van der Waals surface area contributed by atoms with Gasteiger partial charge in [0, 0.05) is 25.3 Å². The molecular formula is C33H34FN3O2. The molecule has 1 unspecified atom stereocenters. The van der Waals surface area contributed by atoms with Gasteiger partial charge in [-0.3, -0.25) is 9.29 Å². The summed E-state index contributed by atoms with van der Waals surface area (Å²) in [6, 6.07) is 21.2. The van der Waals surface area contributed by atoms with Gasteiger partial charge >= 0.3 is 0 Å². The number of halogens is 1. The Kier molecular flexibility index (Phi) is 7.20. The van der Waals surface area contributed by atoms with Crippen LogP contribution in [0.1, 0.15) is 53.5 Å². The molecule has 0 spiro atoms. The molecule has 1 aliphatic heterocycles. The molecule has 1 saturated heterocycles. The topological polar surface area (TPSA) is 64.5 Å². The van der Waals surface area contributed by atoms with E-state index in [0.29, 0.717) is 12.1 Å². The number of rotatable bonds is 8. The third-order valence-electron chi connectivity index (χ3n) is 7.88. The van der Waals surface area contributed by atoms with Gasteiger partial charge in [0.1, 0.15) is 17.4 Å². The molecule has 0 saturated carbocycles. The predicted octanol–water partition coefficient (Wildman–Crippen LogP) is 6.87. The smallest absolute Gasteiger partial charge is 0.181 e. The van der Waals surface area contributed by atoms with Crippen molar-refractivity contribution in [3.63, 3.8) is 0 Å². The van der Waals surface area contributed by atoms with Crippen LogP contribution in [0.15, 0.2) is 78.1 Å². The Morgan fingerprint density at radius 1 is 1.08 bits per heavy atom. The lowest BCUT2D eigenvalue weighted by molar-refractivity contribution is 0.198. The molecule has 4 aromatic rings. The maximum absolute atomic E-state index is 12.6. The van der Waals surface area contributed by atoms with E-state index in [4.69, 9.17) is 14.9 Å². The number of nitrogens with two attached hydrogens (primary N) is 1. The first-order chi connectivity index (χ1) is 19.1. The molecule has 2 aliphatic rings. The van der Waals surface area contributed by atoms with Gasteiger partial charge in [-0.15, -0.1) is 0 Å². The average Bonchev–Trinajstić information content (AvgIpc) is 3.56. The highest BCUT2D eigenvalue weighted by Crippen LogP contribution is 2.41. The molecule has 1 aromatic heterocycles. The van der Waals surface area contributed by atoms with Crippen molar-refractivity contribution >= 4 is 27.9 Å². The van der Waals surface area contributed by atoms with Crippen molar-refractivity contribution in [3.8, 4) is 5.75 Å². The molecule has 1 aliphatic carbocycles. The van der Waals surface area contributed by atoms with Crippen LogP contribution in [0.4, 0.5) is 4.39 Å². The summed E-state index contributed by atoms with van der Waals surface area (Å²) < 4.78 is 24.4. The third-order valence-corrected chi connectivity index (χ3v) is 7.88. The normalized spacial score (nSPS) is 17.8. The number of nitrogens with zero attached hydrogens (tertiary/aromatic N) is 2. The molecule has 6 rings (SSSR count). The van der Waals surface area contributed by atoms with Gasteiger partial charge in [-0.2, -0.15) is 0 Å². The standard InChI is InChI=1S/C33H34FN3O2/c1-22(35)24-8-12-30-25(18-24)4-2-5-29(26-9-13-32-31(19-26)36-21-38-32)33(30)23-6-10-27(11-7-23)39-28-14-17-37(20-28)16-3-15-34/h6-13,18-19,21,28H,1-5,14-17,20,35H2. The number of aromatic nitrogens is 1. The summed E-state index contributed by atoms with van der Waals surface area (Å²) in [7, 11) is 0. The number of benzene rings is 3. The molecule has 2 N–H and O–H groups in total. The zero-order valence-electron chi connectivity index (χ0n) is 22.2. The first-order valence-corrected chi connectivity index (χ1v) is 13.8. The van der Waals surface area contributed by atoms with E-state index in [0.717, 1.165) is 78.9 Å². The summed E-state index contributed by atoms with van der Waals surface area (Å²) in [5, 5.41) is 0. The number of aryl methyl sites for hydroxylation is 1. The third kappa shape index (κ3) is 5.34. The fourth-order valence-corrected chi connectivity index (χ4v) is 5.92. The molecule has 2 heterocycles. The molecule has 39 heavy (non-hydrogen) atoms. The van der Waals surface area contributed by atoms with Crippen LogP contribution in [0.3, 0.4) is 0 Å². The monoisotopic (exact) mass is 523 g/mol. The summed E-state index contributed by atoms with van der Waals surface area (Å²) in [6.07, 6.45) is 6.14. The van der Waals surface area contributed by atoms with Crippen LogP contribution in [0, 0.1) is 0 Å². The molecule has 5 nitrogen and oxygen atoms in total. The quantitative estimate of drug-likeness (QED) is 0.273. The van der Waals surface area contributed by atoms with Crippen molar-refractivity contribution in [1.29, 1.82) is 0 Å². The van der Waals surface area contributed by atoms with E-state index < -0.39 is 0 Å². The lowest BCUT2D eigenvalue weighted by Crippen LogP contribution is -2.26. The number of ether oxygens (including phenoxy) is 1. The first-order valence-electron chi connectivity index (χ1n) is 13.8. The van der Waals surface area contributed by atoms with Crippen LogP contribution >= 0.6 is 0 Å². The highest BCUT2D eigenvalue weighted by molar-refractivity contribution is 6.01. The number of hydrogen-bond acceptors (Lipinski definition) is 5. The van der Waals surface area contributed by atoms with Crippen molar-refractivity contribution in [2.24, 2.45) is 5.73 Å². The van der Waals surface area contributed by atoms with E-state index in [-0.39, 0.29) is 12.8 Å². The number of fused-ring (bicyclic) bond motifs is 2. The van der Waals surface area contributed by atoms with Crippen LogP contribution in [0.25, 0.3) is 27.9 Å². The minimum Gasteiger partial charge on any atom is -0.489 e. The lowest BCUT2D eigenvalue weighted by atomic mass is 9.87. The Morgan fingerprint density at radius 3 is 2.74 bits per heavy atom. The summed E-state index contributed by atoms with van der Waals surface area (Å²) in [5.41, 5.74) is 16.6. The predicted molar refractivity (Wildman–Crippen MR) is 155 cm³/mol. The highest BCUT2D eigenvalue weighted by atomic mass is 19.1. The van der Waals surface area contributed by atoms with Crippen LogP contribution in [-0.2, 0) is 6.42 Å². The Bertz CT molecular complexity index is 1520. The fraction of sp³-hybridized carbons (Fsp3) is 0.303. The van der Waals surface area contributed by atoms with E-state index in [1.165, 1.54) is 28.7 Å². The Labute approximate surface area is 228 Å². The van der Waals surface area contributed by atoms with Gasteiger partial charge in [0.05, 0.1) is 6.67 Å². The van der Waals surface area contributed by atoms with E-state index in [9.17, 15) is 4.39 Å². The number of likely N-dealkylation sites (tertiary alicyclic amines) is 1. The Hall–Kier alpha value is -3.90. The molecule has 0 amide bonds. The molecular weight excluding hydrogens is 489 g/mol. The second kappa shape index (κ2) is 11.1. The zero-order chi connectivity index (χ0) is 26.8. The summed E-state index contributed by atoms with van der Waals surface area (Å²) in [5.74, 6) is 0.867. The molecule has 1 fully saturated rings. The van der Waals surface area contributed by atoms with Crippen molar-refractivity contribution in [3.05, 3.63) is 101 Å². The molecule has 6 heteroatoms. The number of allylic oxidation sites excluding steroid dienone is 1. The van der Waals surface area contributed by atoms with E-state index in [1.54, 1.807) is 0 Å². The maximum atomic E-state index is 12.6. The van der Waals surface area contributed by atoms with Crippen molar-refractivity contribution < 1.29 is 13.5 Å². The molecule has 0 radical (unpaired) electrons. The van der Waals surface area contributed by atoms with E-state index in [2.05, 4.69) is 71.1 Å². The average molecular weight is 524 g/mol. The number of hydrogen-bond donors (Lipinski definition) is 1. The molecule has 1 atom stereocenters. The minimum absolute atomic E-state index is 0.140. The van der Waals surface area contributed by atoms with Crippen LogP contribution in [-0.4, -0.2) is 42.3 Å². The maximum Gasteiger partial charge on any atom is 0.181 e. The van der Waals surface area contributed by atoms with Crippen LogP contribution < -0.4 is 10.5 Å². The van der Waals surface area contributed by atoms with Crippen LogP contribution in [0.5, 0.6) is 5.75 Å².